The number of hydrogen-bond acceptors (Lipinski definition) is 3. The third-order valence-electron chi connectivity index (χ3n) is 5.84. The number of benzene rings is 2. The van der Waals surface area contributed by atoms with Gasteiger partial charge in [-0.2, -0.15) is 0 Å². The van der Waals surface area contributed by atoms with E-state index in [0.29, 0.717) is 12.1 Å². The van der Waals surface area contributed by atoms with E-state index in [0.717, 1.165) is 34.9 Å². The molecular formula is C21H23N3O3. The molecule has 1 saturated heterocycles. The van der Waals surface area contributed by atoms with Gasteiger partial charge in [0.1, 0.15) is 12.1 Å². The molecule has 1 saturated carbocycles. The number of hydrogen-bond donors (Lipinski definition) is 2. The monoisotopic (exact) mass is 365 g/mol. The molecule has 6 heteroatoms. The first-order chi connectivity index (χ1) is 13.0. The normalized spacial score (nSPS) is 25.1. The van der Waals surface area contributed by atoms with E-state index >= 15 is 0 Å². The Hall–Kier alpha value is -2.89. The lowest BCUT2D eigenvalue weighted by molar-refractivity contribution is -0.136. The van der Waals surface area contributed by atoms with Crippen molar-refractivity contribution in [1.82, 2.24) is 10.2 Å². The van der Waals surface area contributed by atoms with Crippen LogP contribution in [-0.2, 0) is 9.59 Å². The van der Waals surface area contributed by atoms with Gasteiger partial charge in [-0.05, 0) is 41.7 Å². The summed E-state index contributed by atoms with van der Waals surface area (Å²) in [5, 5.41) is 7.76. The second-order valence-corrected chi connectivity index (χ2v) is 7.55. The molecule has 27 heavy (non-hydrogen) atoms. The van der Waals surface area contributed by atoms with Crippen LogP contribution in [0.2, 0.25) is 0 Å². The van der Waals surface area contributed by atoms with Crippen LogP contribution in [-0.4, -0.2) is 34.8 Å². The van der Waals surface area contributed by atoms with Crippen LogP contribution in [0.5, 0.6) is 0 Å². The number of fused-ring (bicyclic) bond motifs is 1. The second-order valence-electron chi connectivity index (χ2n) is 7.55. The molecule has 2 fully saturated rings. The fourth-order valence-corrected chi connectivity index (χ4v) is 4.25. The van der Waals surface area contributed by atoms with Gasteiger partial charge in [0.15, 0.2) is 0 Å². The Kier molecular flexibility index (Phi) is 4.34. The Morgan fingerprint density at radius 3 is 2.74 bits per heavy atom. The van der Waals surface area contributed by atoms with Gasteiger partial charge in [-0.15, -0.1) is 0 Å². The van der Waals surface area contributed by atoms with Crippen LogP contribution < -0.4 is 10.6 Å². The minimum Gasteiger partial charge on any atom is -0.325 e. The van der Waals surface area contributed by atoms with Crippen LogP contribution in [0.15, 0.2) is 42.5 Å². The summed E-state index contributed by atoms with van der Waals surface area (Å²) in [5.41, 5.74) is -0.190. The lowest BCUT2D eigenvalue weighted by Crippen LogP contribution is -2.54. The minimum absolute atomic E-state index is 0.0799. The number of rotatable bonds is 3. The zero-order valence-corrected chi connectivity index (χ0v) is 15.3. The van der Waals surface area contributed by atoms with Crippen LogP contribution in [0.25, 0.3) is 10.8 Å². The van der Waals surface area contributed by atoms with Crippen LogP contribution >= 0.6 is 0 Å². The van der Waals surface area contributed by atoms with Crippen molar-refractivity contribution in [1.29, 1.82) is 0 Å². The summed E-state index contributed by atoms with van der Waals surface area (Å²) < 4.78 is 0. The van der Waals surface area contributed by atoms with Gasteiger partial charge in [0.05, 0.1) is 0 Å². The smallest absolute Gasteiger partial charge is 0.325 e. The van der Waals surface area contributed by atoms with Crippen LogP contribution in [0, 0.1) is 5.92 Å². The standard InChI is InChI=1S/C21H23N3O3/c1-14-6-4-5-11-21(14)19(26)24(20(27)23-21)13-18(25)22-17-10-9-15-7-2-3-8-16(15)12-17/h2-3,7-10,12,14H,4-6,11,13H2,1H3,(H,22,25)(H,23,27). The van der Waals surface area contributed by atoms with Crippen molar-refractivity contribution in [2.24, 2.45) is 5.92 Å². The lowest BCUT2D eigenvalue weighted by atomic mass is 9.73. The number of anilines is 1. The molecule has 1 aliphatic heterocycles. The van der Waals surface area contributed by atoms with E-state index in [2.05, 4.69) is 10.6 Å². The molecule has 0 aromatic heterocycles. The number of nitrogens with one attached hydrogen (secondary N) is 2. The Labute approximate surface area is 157 Å². The summed E-state index contributed by atoms with van der Waals surface area (Å²) in [5.74, 6) is -0.570. The molecule has 2 aromatic carbocycles. The topological polar surface area (TPSA) is 78.5 Å². The zero-order valence-electron chi connectivity index (χ0n) is 15.3. The summed E-state index contributed by atoms with van der Waals surface area (Å²) >= 11 is 0. The highest BCUT2D eigenvalue weighted by molar-refractivity contribution is 6.10. The average molecular weight is 365 g/mol. The lowest BCUT2D eigenvalue weighted by Gasteiger charge is -2.36. The maximum absolute atomic E-state index is 12.9. The van der Waals surface area contributed by atoms with Crippen molar-refractivity contribution in [2.75, 3.05) is 11.9 Å². The molecule has 1 aliphatic carbocycles. The highest BCUT2D eigenvalue weighted by atomic mass is 16.2. The number of amides is 4. The molecule has 2 atom stereocenters. The van der Waals surface area contributed by atoms with Crippen molar-refractivity contribution in [3.63, 3.8) is 0 Å². The van der Waals surface area contributed by atoms with E-state index in [9.17, 15) is 14.4 Å². The maximum Gasteiger partial charge on any atom is 0.325 e. The average Bonchev–Trinajstić information content (AvgIpc) is 2.89. The number of nitrogens with zero attached hydrogens (tertiary/aromatic N) is 1. The third-order valence-corrected chi connectivity index (χ3v) is 5.84. The highest BCUT2D eigenvalue weighted by Crippen LogP contribution is 2.38. The molecule has 2 N–H and O–H groups in total. The summed E-state index contributed by atoms with van der Waals surface area (Å²) in [6, 6.07) is 13.0. The summed E-state index contributed by atoms with van der Waals surface area (Å²) in [6.07, 6.45) is 3.52. The zero-order chi connectivity index (χ0) is 19.0. The van der Waals surface area contributed by atoms with Gasteiger partial charge >= 0.3 is 6.03 Å². The summed E-state index contributed by atoms with van der Waals surface area (Å²) in [6.45, 7) is 1.72. The van der Waals surface area contributed by atoms with Crippen molar-refractivity contribution in [3.05, 3.63) is 42.5 Å². The van der Waals surface area contributed by atoms with Crippen LogP contribution in [0.1, 0.15) is 32.6 Å². The van der Waals surface area contributed by atoms with E-state index in [1.54, 1.807) is 0 Å². The first-order valence-electron chi connectivity index (χ1n) is 9.42. The van der Waals surface area contributed by atoms with Gasteiger partial charge in [-0.1, -0.05) is 50.1 Å². The Bertz CT molecular complexity index is 926. The molecule has 140 valence electrons. The van der Waals surface area contributed by atoms with Gasteiger partial charge in [0.25, 0.3) is 5.91 Å². The van der Waals surface area contributed by atoms with E-state index < -0.39 is 11.6 Å². The van der Waals surface area contributed by atoms with Crippen LogP contribution in [0.4, 0.5) is 10.5 Å². The Morgan fingerprint density at radius 2 is 1.96 bits per heavy atom. The van der Waals surface area contributed by atoms with Crippen molar-refractivity contribution in [2.45, 2.75) is 38.1 Å². The predicted molar refractivity (Wildman–Crippen MR) is 103 cm³/mol. The fourth-order valence-electron chi connectivity index (χ4n) is 4.25. The van der Waals surface area contributed by atoms with Gasteiger partial charge < -0.3 is 10.6 Å². The van der Waals surface area contributed by atoms with Gasteiger partial charge in [-0.25, -0.2) is 4.79 Å². The Balaban J connectivity index is 1.47. The number of urea groups is 1. The highest BCUT2D eigenvalue weighted by Gasteiger charge is 2.55. The minimum atomic E-state index is -0.835. The van der Waals surface area contributed by atoms with Crippen LogP contribution in [0.3, 0.4) is 0 Å². The quantitative estimate of drug-likeness (QED) is 0.820. The van der Waals surface area contributed by atoms with E-state index in [4.69, 9.17) is 0 Å². The first-order valence-corrected chi connectivity index (χ1v) is 9.42. The molecule has 0 radical (unpaired) electrons. The molecule has 1 heterocycles. The SMILES string of the molecule is CC1CCCCC12NC(=O)N(CC(=O)Nc1ccc3ccccc3c1)C2=O. The largest absolute Gasteiger partial charge is 0.325 e. The maximum atomic E-state index is 12.9. The first kappa shape index (κ1) is 17.5. The van der Waals surface area contributed by atoms with Gasteiger partial charge in [0, 0.05) is 5.69 Å². The van der Waals surface area contributed by atoms with E-state index in [1.165, 1.54) is 0 Å². The van der Waals surface area contributed by atoms with Crippen molar-refractivity contribution in [3.8, 4) is 0 Å². The molecule has 6 nitrogen and oxygen atoms in total. The fraction of sp³-hybridized carbons (Fsp3) is 0.381. The summed E-state index contributed by atoms with van der Waals surface area (Å²) in [4.78, 5) is 38.8. The predicted octanol–water partition coefficient (Wildman–Crippen LogP) is 3.28. The van der Waals surface area contributed by atoms with Crippen molar-refractivity contribution < 1.29 is 14.4 Å². The number of imide groups is 1. The third kappa shape index (κ3) is 3.05. The number of carbonyl (C=O) groups is 3. The van der Waals surface area contributed by atoms with E-state index in [1.807, 2.05) is 49.4 Å². The molecule has 2 unspecified atom stereocenters. The molecule has 1 spiro atoms. The molecular weight excluding hydrogens is 342 g/mol. The molecule has 0 bridgehead atoms. The molecule has 4 rings (SSSR count). The Morgan fingerprint density at radius 1 is 1.19 bits per heavy atom. The number of carbonyl (C=O) groups excluding carboxylic acids is 3. The summed E-state index contributed by atoms with van der Waals surface area (Å²) in [7, 11) is 0. The molecule has 2 aliphatic rings. The molecule has 4 amide bonds. The second kappa shape index (κ2) is 6.68. The van der Waals surface area contributed by atoms with Gasteiger partial charge in [-0.3, -0.25) is 14.5 Å². The van der Waals surface area contributed by atoms with Crippen molar-refractivity contribution >= 4 is 34.3 Å². The van der Waals surface area contributed by atoms with Gasteiger partial charge in [0.2, 0.25) is 5.91 Å². The molecule has 2 aromatic rings. The van der Waals surface area contributed by atoms with E-state index in [-0.39, 0.29) is 24.3 Å².